The molecule has 8 heteroatoms. The first kappa shape index (κ1) is 19.0. The summed E-state index contributed by atoms with van der Waals surface area (Å²) in [5.41, 5.74) is 2.55. The lowest BCUT2D eigenvalue weighted by atomic mass is 10.1. The summed E-state index contributed by atoms with van der Waals surface area (Å²) >= 11 is 0. The van der Waals surface area contributed by atoms with Crippen molar-refractivity contribution in [2.45, 2.75) is 33.4 Å². The number of nitrogens with one attached hydrogen (secondary N) is 1. The zero-order valence-electron chi connectivity index (χ0n) is 15.1. The van der Waals surface area contributed by atoms with Crippen molar-refractivity contribution in [3.63, 3.8) is 0 Å². The van der Waals surface area contributed by atoms with Gasteiger partial charge in [-0.1, -0.05) is 6.07 Å². The SMILES string of the molecule is Cc1ccc(C(=O)N(Cc2cnn(C)c2)C(C)C)cc1NS(C)(=O)=O. The number of amides is 1. The maximum Gasteiger partial charge on any atom is 0.254 e. The number of carbonyl (C=O) groups excluding carboxylic acids is 1. The molecule has 2 rings (SSSR count). The summed E-state index contributed by atoms with van der Waals surface area (Å²) in [5, 5.41) is 4.13. The fourth-order valence-corrected chi connectivity index (χ4v) is 3.09. The number of carbonyl (C=O) groups is 1. The Kier molecular flexibility index (Phi) is 5.52. The Morgan fingerprint density at radius 2 is 2.04 bits per heavy atom. The highest BCUT2D eigenvalue weighted by molar-refractivity contribution is 7.92. The van der Waals surface area contributed by atoms with Crippen molar-refractivity contribution in [1.29, 1.82) is 0 Å². The van der Waals surface area contributed by atoms with Gasteiger partial charge in [0.15, 0.2) is 0 Å². The van der Waals surface area contributed by atoms with Crippen LogP contribution in [0.5, 0.6) is 0 Å². The summed E-state index contributed by atoms with van der Waals surface area (Å²) in [6, 6.07) is 5.02. The standard InChI is InChI=1S/C17H24N4O3S/c1-12(2)21(11-14-9-18-20(4)10-14)17(22)15-7-6-13(3)16(8-15)19-25(5,23)24/h6-10,12,19H,11H2,1-5H3. The lowest BCUT2D eigenvalue weighted by molar-refractivity contribution is 0.0690. The zero-order valence-corrected chi connectivity index (χ0v) is 16.0. The van der Waals surface area contributed by atoms with E-state index in [1.54, 1.807) is 40.9 Å². The van der Waals surface area contributed by atoms with Gasteiger partial charge < -0.3 is 4.90 Å². The van der Waals surface area contributed by atoms with E-state index in [2.05, 4.69) is 9.82 Å². The fourth-order valence-electron chi connectivity index (χ4n) is 2.47. The maximum atomic E-state index is 12.9. The Bertz CT molecular complexity index is 872. The van der Waals surface area contributed by atoms with Crippen LogP contribution in [-0.4, -0.2) is 41.3 Å². The molecule has 136 valence electrons. The normalized spacial score (nSPS) is 11.6. The van der Waals surface area contributed by atoms with Crippen molar-refractivity contribution in [3.8, 4) is 0 Å². The van der Waals surface area contributed by atoms with Crippen molar-refractivity contribution in [2.24, 2.45) is 7.05 Å². The molecule has 0 bridgehead atoms. The molecule has 0 aliphatic heterocycles. The quantitative estimate of drug-likeness (QED) is 0.851. The van der Waals surface area contributed by atoms with Crippen LogP contribution < -0.4 is 4.72 Å². The van der Waals surface area contributed by atoms with Gasteiger partial charge in [-0.25, -0.2) is 8.42 Å². The van der Waals surface area contributed by atoms with Gasteiger partial charge in [0.25, 0.3) is 5.91 Å². The van der Waals surface area contributed by atoms with E-state index in [1.807, 2.05) is 27.1 Å². The second-order valence-electron chi connectivity index (χ2n) is 6.45. The van der Waals surface area contributed by atoms with Gasteiger partial charge in [0.2, 0.25) is 10.0 Å². The number of hydrogen-bond acceptors (Lipinski definition) is 4. The van der Waals surface area contributed by atoms with Crippen molar-refractivity contribution in [2.75, 3.05) is 11.0 Å². The topological polar surface area (TPSA) is 84.3 Å². The van der Waals surface area contributed by atoms with Crippen LogP contribution >= 0.6 is 0 Å². The molecular weight excluding hydrogens is 340 g/mol. The molecule has 0 aliphatic carbocycles. The number of benzene rings is 1. The third kappa shape index (κ3) is 5.06. The molecule has 0 aliphatic rings. The van der Waals surface area contributed by atoms with E-state index in [-0.39, 0.29) is 11.9 Å². The van der Waals surface area contributed by atoms with E-state index in [0.717, 1.165) is 17.4 Å². The maximum absolute atomic E-state index is 12.9. The third-order valence-electron chi connectivity index (χ3n) is 3.78. The molecule has 0 saturated carbocycles. The number of hydrogen-bond donors (Lipinski definition) is 1. The first-order valence-electron chi connectivity index (χ1n) is 7.94. The molecule has 25 heavy (non-hydrogen) atoms. The highest BCUT2D eigenvalue weighted by Gasteiger charge is 2.21. The van der Waals surface area contributed by atoms with Crippen molar-refractivity contribution in [3.05, 3.63) is 47.3 Å². The lowest BCUT2D eigenvalue weighted by Gasteiger charge is -2.26. The zero-order chi connectivity index (χ0) is 18.8. The number of sulfonamides is 1. The molecule has 1 aromatic heterocycles. The smallest absolute Gasteiger partial charge is 0.254 e. The summed E-state index contributed by atoms with van der Waals surface area (Å²) in [4.78, 5) is 14.7. The number of rotatable bonds is 6. The second-order valence-corrected chi connectivity index (χ2v) is 8.20. The van der Waals surface area contributed by atoms with Crippen molar-refractivity contribution >= 4 is 21.6 Å². The molecule has 1 N–H and O–H groups in total. The number of nitrogens with zero attached hydrogens (tertiary/aromatic N) is 3. The van der Waals surface area contributed by atoms with Gasteiger partial charge in [0.1, 0.15) is 0 Å². The van der Waals surface area contributed by atoms with Crippen molar-refractivity contribution in [1.82, 2.24) is 14.7 Å². The van der Waals surface area contributed by atoms with E-state index in [9.17, 15) is 13.2 Å². The third-order valence-corrected chi connectivity index (χ3v) is 4.37. The van der Waals surface area contributed by atoms with Gasteiger partial charge in [-0.2, -0.15) is 5.10 Å². The summed E-state index contributed by atoms with van der Waals surface area (Å²) in [5.74, 6) is -0.157. The number of aryl methyl sites for hydroxylation is 2. The molecule has 7 nitrogen and oxygen atoms in total. The lowest BCUT2D eigenvalue weighted by Crippen LogP contribution is -2.36. The number of anilines is 1. The van der Waals surface area contributed by atoms with E-state index in [1.165, 1.54) is 0 Å². The summed E-state index contributed by atoms with van der Waals surface area (Å²) in [6.45, 7) is 6.11. The Balaban J connectivity index is 2.31. The Morgan fingerprint density at radius 3 is 2.56 bits per heavy atom. The van der Waals surface area contributed by atoms with E-state index in [0.29, 0.717) is 17.8 Å². The monoisotopic (exact) mass is 364 g/mol. The van der Waals surface area contributed by atoms with Gasteiger partial charge in [0, 0.05) is 37.0 Å². The molecule has 0 fully saturated rings. The Labute approximate surface area is 148 Å². The van der Waals surface area contributed by atoms with Gasteiger partial charge in [0.05, 0.1) is 18.1 Å². The Morgan fingerprint density at radius 1 is 1.36 bits per heavy atom. The van der Waals surface area contributed by atoms with Crippen LogP contribution in [0.25, 0.3) is 0 Å². The number of aromatic nitrogens is 2. The van der Waals surface area contributed by atoms with Crippen LogP contribution in [0.1, 0.15) is 35.3 Å². The largest absolute Gasteiger partial charge is 0.332 e. The van der Waals surface area contributed by atoms with Crippen LogP contribution in [0.15, 0.2) is 30.6 Å². The van der Waals surface area contributed by atoms with E-state index < -0.39 is 10.0 Å². The summed E-state index contributed by atoms with van der Waals surface area (Å²) < 4.78 is 27.2. The minimum atomic E-state index is -3.41. The minimum Gasteiger partial charge on any atom is -0.332 e. The highest BCUT2D eigenvalue weighted by atomic mass is 32.2. The molecule has 1 aromatic carbocycles. The summed E-state index contributed by atoms with van der Waals surface area (Å²) in [6.07, 6.45) is 4.69. The van der Waals surface area contributed by atoms with Crippen LogP contribution in [0, 0.1) is 6.92 Å². The van der Waals surface area contributed by atoms with Gasteiger partial charge in [-0.05, 0) is 38.5 Å². The molecule has 1 amide bonds. The molecule has 0 unspecified atom stereocenters. The van der Waals surface area contributed by atoms with Crippen LogP contribution in [-0.2, 0) is 23.6 Å². The van der Waals surface area contributed by atoms with E-state index in [4.69, 9.17) is 0 Å². The minimum absolute atomic E-state index is 0.0136. The van der Waals surface area contributed by atoms with E-state index >= 15 is 0 Å². The van der Waals surface area contributed by atoms with Crippen molar-refractivity contribution < 1.29 is 13.2 Å². The molecule has 1 heterocycles. The molecule has 2 aromatic rings. The fraction of sp³-hybridized carbons (Fsp3) is 0.412. The first-order chi connectivity index (χ1) is 11.6. The molecule has 0 spiro atoms. The van der Waals surface area contributed by atoms with Crippen LogP contribution in [0.4, 0.5) is 5.69 Å². The van der Waals surface area contributed by atoms with Gasteiger partial charge in [-0.3, -0.25) is 14.2 Å². The van der Waals surface area contributed by atoms with Crippen LogP contribution in [0.2, 0.25) is 0 Å². The molecule has 0 saturated heterocycles. The molecular formula is C17H24N4O3S. The summed E-state index contributed by atoms with van der Waals surface area (Å²) in [7, 11) is -1.58. The van der Waals surface area contributed by atoms with Gasteiger partial charge >= 0.3 is 0 Å². The average molecular weight is 364 g/mol. The first-order valence-corrected chi connectivity index (χ1v) is 9.83. The molecule has 0 atom stereocenters. The average Bonchev–Trinajstić information content (AvgIpc) is 2.90. The predicted octanol–water partition coefficient (Wildman–Crippen LogP) is 2.15. The Hall–Kier alpha value is -2.35. The highest BCUT2D eigenvalue weighted by Crippen LogP contribution is 2.21. The predicted molar refractivity (Wildman–Crippen MR) is 97.9 cm³/mol. The molecule has 0 radical (unpaired) electrons. The second kappa shape index (κ2) is 7.26. The van der Waals surface area contributed by atoms with Crippen LogP contribution in [0.3, 0.4) is 0 Å². The van der Waals surface area contributed by atoms with Gasteiger partial charge in [-0.15, -0.1) is 0 Å².